The molecule has 0 aromatic heterocycles. The Morgan fingerprint density at radius 3 is 2.68 bits per heavy atom. The minimum atomic E-state index is -0.322. The summed E-state index contributed by atoms with van der Waals surface area (Å²) in [4.78, 5) is 11.1. The first kappa shape index (κ1) is 13.9. The van der Waals surface area contributed by atoms with E-state index in [2.05, 4.69) is 48.7 Å². The maximum atomic E-state index is 11.1. The van der Waals surface area contributed by atoms with Crippen molar-refractivity contribution in [3.8, 4) is 0 Å². The highest BCUT2D eigenvalue weighted by molar-refractivity contribution is 5.70. The molecule has 1 aromatic carbocycles. The van der Waals surface area contributed by atoms with E-state index < -0.39 is 0 Å². The zero-order chi connectivity index (χ0) is 13.7. The van der Waals surface area contributed by atoms with Crippen LogP contribution in [-0.2, 0) is 11.3 Å². The van der Waals surface area contributed by atoms with Crippen LogP contribution in [0.4, 0.5) is 4.79 Å². The van der Waals surface area contributed by atoms with E-state index >= 15 is 0 Å². The van der Waals surface area contributed by atoms with Gasteiger partial charge in [-0.2, -0.15) is 0 Å². The first-order valence-electron chi connectivity index (χ1n) is 6.87. The zero-order valence-electron chi connectivity index (χ0n) is 11.7. The summed E-state index contributed by atoms with van der Waals surface area (Å²) in [5.74, 6) is 0. The number of hydrogen-bond acceptors (Lipinski definition) is 3. The van der Waals surface area contributed by atoms with E-state index in [1.165, 1.54) is 11.1 Å². The van der Waals surface area contributed by atoms with Gasteiger partial charge in [0.2, 0.25) is 0 Å². The van der Waals surface area contributed by atoms with Gasteiger partial charge in [-0.05, 0) is 25.5 Å². The second kappa shape index (κ2) is 6.06. The number of alkyl carbamates (subject to hydrolysis) is 1. The van der Waals surface area contributed by atoms with E-state index in [0.29, 0.717) is 6.54 Å². The van der Waals surface area contributed by atoms with E-state index in [9.17, 15) is 4.79 Å². The van der Waals surface area contributed by atoms with Crippen molar-refractivity contribution in [1.29, 1.82) is 0 Å². The van der Waals surface area contributed by atoms with Crippen molar-refractivity contribution in [2.45, 2.75) is 38.8 Å². The molecule has 1 aliphatic heterocycles. The van der Waals surface area contributed by atoms with E-state index in [-0.39, 0.29) is 11.7 Å². The van der Waals surface area contributed by atoms with Gasteiger partial charge in [-0.3, -0.25) is 0 Å². The van der Waals surface area contributed by atoms with Gasteiger partial charge < -0.3 is 15.4 Å². The Labute approximate surface area is 114 Å². The SMILES string of the molecule is CCC1(CCNCc2ccc(C)cc2)CNC(=O)O1. The molecule has 2 N–H and O–H groups in total. The molecule has 0 aliphatic carbocycles. The fourth-order valence-electron chi connectivity index (χ4n) is 2.27. The van der Waals surface area contributed by atoms with Crippen LogP contribution >= 0.6 is 0 Å². The van der Waals surface area contributed by atoms with Crippen molar-refractivity contribution in [2.75, 3.05) is 13.1 Å². The molecule has 104 valence electrons. The Hall–Kier alpha value is -1.55. The molecule has 1 saturated heterocycles. The van der Waals surface area contributed by atoms with Crippen molar-refractivity contribution in [2.24, 2.45) is 0 Å². The molecule has 1 unspecified atom stereocenters. The highest BCUT2D eigenvalue weighted by atomic mass is 16.6. The summed E-state index contributed by atoms with van der Waals surface area (Å²) in [6.07, 6.45) is 1.40. The number of aryl methyl sites for hydroxylation is 1. The topological polar surface area (TPSA) is 50.4 Å². The predicted octanol–water partition coefficient (Wildman–Crippen LogP) is 2.36. The predicted molar refractivity (Wildman–Crippen MR) is 75.0 cm³/mol. The van der Waals surface area contributed by atoms with Crippen LogP contribution in [0.5, 0.6) is 0 Å². The third kappa shape index (κ3) is 3.70. The largest absolute Gasteiger partial charge is 0.441 e. The number of amides is 1. The van der Waals surface area contributed by atoms with Gasteiger partial charge in [0.1, 0.15) is 5.60 Å². The van der Waals surface area contributed by atoms with Crippen LogP contribution in [0.2, 0.25) is 0 Å². The smallest absolute Gasteiger partial charge is 0.407 e. The Kier molecular flexibility index (Phi) is 4.43. The first-order chi connectivity index (χ1) is 9.13. The maximum absolute atomic E-state index is 11.1. The minimum Gasteiger partial charge on any atom is -0.441 e. The van der Waals surface area contributed by atoms with Gasteiger partial charge >= 0.3 is 6.09 Å². The average Bonchev–Trinajstić information content (AvgIpc) is 2.79. The summed E-state index contributed by atoms with van der Waals surface area (Å²) >= 11 is 0. The Morgan fingerprint density at radius 1 is 1.37 bits per heavy atom. The van der Waals surface area contributed by atoms with Crippen molar-refractivity contribution < 1.29 is 9.53 Å². The summed E-state index contributed by atoms with van der Waals surface area (Å²) in [6.45, 7) is 6.45. The number of benzene rings is 1. The summed E-state index contributed by atoms with van der Waals surface area (Å²) in [5.41, 5.74) is 2.23. The van der Waals surface area contributed by atoms with E-state index in [1.807, 2.05) is 0 Å². The quantitative estimate of drug-likeness (QED) is 0.774. The van der Waals surface area contributed by atoms with Crippen molar-refractivity contribution in [3.63, 3.8) is 0 Å². The van der Waals surface area contributed by atoms with E-state index in [1.54, 1.807) is 0 Å². The second-order valence-electron chi connectivity index (χ2n) is 5.19. The molecule has 1 aromatic rings. The monoisotopic (exact) mass is 262 g/mol. The second-order valence-corrected chi connectivity index (χ2v) is 5.19. The third-order valence-electron chi connectivity index (χ3n) is 3.72. The number of hydrogen-bond donors (Lipinski definition) is 2. The molecular formula is C15H22N2O2. The lowest BCUT2D eigenvalue weighted by molar-refractivity contribution is 0.0465. The van der Waals surface area contributed by atoms with Crippen molar-refractivity contribution in [3.05, 3.63) is 35.4 Å². The van der Waals surface area contributed by atoms with Crippen LogP contribution in [0.25, 0.3) is 0 Å². The Bertz CT molecular complexity index is 430. The van der Waals surface area contributed by atoms with Gasteiger partial charge in [-0.15, -0.1) is 0 Å². The summed E-state index contributed by atoms with van der Waals surface area (Å²) in [6, 6.07) is 8.50. The highest BCUT2D eigenvalue weighted by Crippen LogP contribution is 2.23. The molecule has 1 atom stereocenters. The molecule has 19 heavy (non-hydrogen) atoms. The maximum Gasteiger partial charge on any atom is 0.407 e. The van der Waals surface area contributed by atoms with E-state index in [0.717, 1.165) is 25.9 Å². The van der Waals surface area contributed by atoms with Gasteiger partial charge in [0.05, 0.1) is 6.54 Å². The van der Waals surface area contributed by atoms with Crippen molar-refractivity contribution >= 4 is 6.09 Å². The molecule has 0 radical (unpaired) electrons. The summed E-state index contributed by atoms with van der Waals surface area (Å²) in [5, 5.41) is 6.14. The van der Waals surface area contributed by atoms with Gasteiger partial charge in [-0.1, -0.05) is 36.8 Å². The Balaban J connectivity index is 1.74. The number of cyclic esters (lactones) is 1. The third-order valence-corrected chi connectivity index (χ3v) is 3.72. The van der Waals surface area contributed by atoms with Gasteiger partial charge in [0.25, 0.3) is 0 Å². The molecule has 0 saturated carbocycles. The average molecular weight is 262 g/mol. The van der Waals surface area contributed by atoms with Crippen LogP contribution < -0.4 is 10.6 Å². The molecule has 4 nitrogen and oxygen atoms in total. The lowest BCUT2D eigenvalue weighted by Gasteiger charge is -2.24. The standard InChI is InChI=1S/C15H22N2O2/c1-3-15(11-17-14(18)19-15)8-9-16-10-13-6-4-12(2)5-7-13/h4-7,16H,3,8-11H2,1-2H3,(H,17,18). The van der Waals surface area contributed by atoms with Crippen LogP contribution in [0.1, 0.15) is 30.9 Å². The number of carbonyl (C=O) groups is 1. The van der Waals surface area contributed by atoms with Crippen LogP contribution in [0, 0.1) is 6.92 Å². The zero-order valence-corrected chi connectivity index (χ0v) is 11.7. The van der Waals surface area contributed by atoms with Gasteiger partial charge in [0.15, 0.2) is 0 Å². The minimum absolute atomic E-state index is 0.291. The van der Waals surface area contributed by atoms with Crippen LogP contribution in [0.3, 0.4) is 0 Å². The molecule has 1 aliphatic rings. The fraction of sp³-hybridized carbons (Fsp3) is 0.533. The van der Waals surface area contributed by atoms with Crippen LogP contribution in [0.15, 0.2) is 24.3 Å². The van der Waals surface area contributed by atoms with Crippen LogP contribution in [-0.4, -0.2) is 24.8 Å². The molecule has 0 bridgehead atoms. The molecular weight excluding hydrogens is 240 g/mol. The lowest BCUT2D eigenvalue weighted by atomic mass is 9.97. The normalized spacial score (nSPS) is 22.1. The van der Waals surface area contributed by atoms with Gasteiger partial charge in [0, 0.05) is 13.0 Å². The highest BCUT2D eigenvalue weighted by Gasteiger charge is 2.37. The summed E-state index contributed by atoms with van der Waals surface area (Å²) in [7, 11) is 0. The number of nitrogens with one attached hydrogen (secondary N) is 2. The Morgan fingerprint density at radius 2 is 2.11 bits per heavy atom. The number of ether oxygens (including phenoxy) is 1. The molecule has 1 amide bonds. The molecule has 1 heterocycles. The fourth-order valence-corrected chi connectivity index (χ4v) is 2.27. The van der Waals surface area contributed by atoms with E-state index in [4.69, 9.17) is 4.74 Å². The van der Waals surface area contributed by atoms with Crippen molar-refractivity contribution in [1.82, 2.24) is 10.6 Å². The molecule has 0 spiro atoms. The molecule has 2 rings (SSSR count). The lowest BCUT2D eigenvalue weighted by Crippen LogP contribution is -2.36. The summed E-state index contributed by atoms with van der Waals surface area (Å²) < 4.78 is 5.38. The first-order valence-corrected chi connectivity index (χ1v) is 6.87. The number of carbonyl (C=O) groups excluding carboxylic acids is 1. The van der Waals surface area contributed by atoms with Gasteiger partial charge in [-0.25, -0.2) is 4.79 Å². The molecule has 1 fully saturated rings. The molecule has 4 heteroatoms. The number of rotatable bonds is 6.